The molecule has 1 amide bonds. The fourth-order valence-electron chi connectivity index (χ4n) is 3.50. The van der Waals surface area contributed by atoms with Crippen molar-refractivity contribution in [1.29, 1.82) is 5.26 Å². The molecule has 0 bridgehead atoms. The molecule has 1 heterocycles. The zero-order valence-electron chi connectivity index (χ0n) is 19.9. The molecule has 0 unspecified atom stereocenters. The molecule has 176 valence electrons. The van der Waals surface area contributed by atoms with Crippen LogP contribution in [0.5, 0.6) is 5.75 Å². The van der Waals surface area contributed by atoms with E-state index in [4.69, 9.17) is 9.47 Å². The average molecular weight is 477 g/mol. The molecule has 2 aromatic carbocycles. The average Bonchev–Trinajstić information content (AvgIpc) is 3.10. The number of ether oxygens (including phenoxy) is 2. The first-order valence-electron chi connectivity index (χ1n) is 11.3. The van der Waals surface area contributed by atoms with Gasteiger partial charge in [-0.2, -0.15) is 5.26 Å². The number of nitriles is 1. The van der Waals surface area contributed by atoms with Crippen molar-refractivity contribution >= 4 is 45.1 Å². The zero-order chi connectivity index (χ0) is 24.7. The van der Waals surface area contributed by atoms with Crippen molar-refractivity contribution in [3.8, 4) is 11.8 Å². The van der Waals surface area contributed by atoms with Gasteiger partial charge in [0.25, 0.3) is 5.91 Å². The first-order chi connectivity index (χ1) is 16.4. The number of anilines is 1. The SMILES string of the molecule is CCCCOc1ccc2ccccc2c1/C=C(\C#N)C(=O)Nc1sc(C)c(C)c1C(=O)OCC. The van der Waals surface area contributed by atoms with Crippen molar-refractivity contribution in [1.82, 2.24) is 0 Å². The minimum atomic E-state index is -0.596. The van der Waals surface area contributed by atoms with Gasteiger partial charge in [0, 0.05) is 10.4 Å². The van der Waals surface area contributed by atoms with Gasteiger partial charge in [0.1, 0.15) is 22.4 Å². The summed E-state index contributed by atoms with van der Waals surface area (Å²) in [5.41, 5.74) is 1.66. The summed E-state index contributed by atoms with van der Waals surface area (Å²) in [6.07, 6.45) is 3.44. The van der Waals surface area contributed by atoms with Crippen LogP contribution in [-0.2, 0) is 9.53 Å². The quantitative estimate of drug-likeness (QED) is 0.167. The number of aryl methyl sites for hydroxylation is 1. The zero-order valence-corrected chi connectivity index (χ0v) is 20.7. The maximum absolute atomic E-state index is 13.1. The van der Waals surface area contributed by atoms with Crippen LogP contribution < -0.4 is 10.1 Å². The van der Waals surface area contributed by atoms with E-state index < -0.39 is 11.9 Å². The summed E-state index contributed by atoms with van der Waals surface area (Å²) in [5, 5.41) is 14.8. The molecule has 1 N–H and O–H groups in total. The molecule has 0 aliphatic carbocycles. The van der Waals surface area contributed by atoms with Gasteiger partial charge in [-0.25, -0.2) is 4.79 Å². The van der Waals surface area contributed by atoms with E-state index >= 15 is 0 Å². The van der Waals surface area contributed by atoms with Gasteiger partial charge in [0.15, 0.2) is 0 Å². The van der Waals surface area contributed by atoms with Gasteiger partial charge < -0.3 is 14.8 Å². The molecule has 0 saturated heterocycles. The lowest BCUT2D eigenvalue weighted by atomic mass is 10.0. The molecule has 0 atom stereocenters. The highest BCUT2D eigenvalue weighted by atomic mass is 32.1. The fourth-order valence-corrected chi connectivity index (χ4v) is 4.55. The van der Waals surface area contributed by atoms with E-state index in [1.54, 1.807) is 13.0 Å². The number of thiophene rings is 1. The molecule has 3 aromatic rings. The van der Waals surface area contributed by atoms with Crippen LogP contribution in [0.4, 0.5) is 5.00 Å². The molecule has 3 rings (SSSR count). The number of benzene rings is 2. The summed E-state index contributed by atoms with van der Waals surface area (Å²) in [4.78, 5) is 26.5. The minimum absolute atomic E-state index is 0.0878. The Morgan fingerprint density at radius 2 is 1.91 bits per heavy atom. The molecule has 0 spiro atoms. The summed E-state index contributed by atoms with van der Waals surface area (Å²) in [5.74, 6) is -0.479. The van der Waals surface area contributed by atoms with Crippen LogP contribution in [0.2, 0.25) is 0 Å². The summed E-state index contributed by atoms with van der Waals surface area (Å²) >= 11 is 1.28. The van der Waals surface area contributed by atoms with Gasteiger partial charge in [-0.1, -0.05) is 43.7 Å². The molecule has 34 heavy (non-hydrogen) atoms. The third kappa shape index (κ3) is 5.46. The number of esters is 1. The first-order valence-corrected chi connectivity index (χ1v) is 12.1. The Hall–Kier alpha value is -3.63. The predicted octanol–water partition coefficient (Wildman–Crippen LogP) is 6.42. The van der Waals surface area contributed by atoms with E-state index in [0.29, 0.717) is 28.5 Å². The first kappa shape index (κ1) is 25.0. The predicted molar refractivity (Wildman–Crippen MR) is 136 cm³/mol. The highest BCUT2D eigenvalue weighted by Crippen LogP contribution is 2.34. The molecular formula is C27H28N2O4S. The van der Waals surface area contributed by atoms with Gasteiger partial charge in [-0.05, 0) is 55.7 Å². The smallest absolute Gasteiger partial charge is 0.341 e. The Bertz CT molecular complexity index is 1280. The number of hydrogen-bond acceptors (Lipinski definition) is 6. The Morgan fingerprint density at radius 3 is 2.62 bits per heavy atom. The number of fused-ring (bicyclic) bond motifs is 1. The summed E-state index contributed by atoms with van der Waals surface area (Å²) in [7, 11) is 0. The van der Waals surface area contributed by atoms with Gasteiger partial charge in [0.05, 0.1) is 18.8 Å². The van der Waals surface area contributed by atoms with Gasteiger partial charge >= 0.3 is 5.97 Å². The lowest BCUT2D eigenvalue weighted by Crippen LogP contribution is -2.16. The Balaban J connectivity index is 2.01. The van der Waals surface area contributed by atoms with E-state index in [-0.39, 0.29) is 12.2 Å². The van der Waals surface area contributed by atoms with Gasteiger partial charge in [-0.3, -0.25) is 4.79 Å². The third-order valence-electron chi connectivity index (χ3n) is 5.43. The molecule has 0 fully saturated rings. The standard InChI is InChI=1S/C27H28N2O4S/c1-5-7-14-33-23-13-12-19-10-8-9-11-21(19)22(23)15-20(16-28)25(30)29-26-24(27(31)32-6-2)17(3)18(4)34-26/h8-13,15H,5-7,14H2,1-4H3,(H,29,30)/b20-15+. The second-order valence-corrected chi connectivity index (χ2v) is 8.96. The van der Waals surface area contributed by atoms with Gasteiger partial charge in [-0.15, -0.1) is 11.3 Å². The van der Waals surface area contributed by atoms with Crippen LogP contribution in [-0.4, -0.2) is 25.1 Å². The van der Waals surface area contributed by atoms with E-state index in [0.717, 1.165) is 34.1 Å². The van der Waals surface area contributed by atoms with Crippen LogP contribution in [0.1, 0.15) is 53.1 Å². The Kier molecular flexibility index (Phi) is 8.44. The Labute approximate surface area is 203 Å². The van der Waals surface area contributed by atoms with E-state index in [2.05, 4.69) is 12.2 Å². The van der Waals surface area contributed by atoms with Crippen LogP contribution in [0.25, 0.3) is 16.8 Å². The molecule has 7 heteroatoms. The summed E-state index contributed by atoms with van der Waals surface area (Å²) < 4.78 is 11.1. The van der Waals surface area contributed by atoms with E-state index in [1.165, 1.54) is 11.3 Å². The summed E-state index contributed by atoms with van der Waals surface area (Å²) in [6, 6.07) is 13.6. The number of amides is 1. The maximum Gasteiger partial charge on any atom is 0.341 e. The van der Waals surface area contributed by atoms with Crippen molar-refractivity contribution < 1.29 is 19.1 Å². The number of carbonyl (C=O) groups is 2. The highest BCUT2D eigenvalue weighted by molar-refractivity contribution is 7.16. The second kappa shape index (κ2) is 11.5. The van der Waals surface area contributed by atoms with E-state index in [1.807, 2.05) is 56.3 Å². The molecule has 0 aliphatic heterocycles. The molecule has 0 radical (unpaired) electrons. The largest absolute Gasteiger partial charge is 0.493 e. The minimum Gasteiger partial charge on any atom is -0.493 e. The third-order valence-corrected chi connectivity index (χ3v) is 6.55. The molecule has 0 aliphatic rings. The van der Waals surface area contributed by atoms with Crippen LogP contribution in [0.15, 0.2) is 42.0 Å². The van der Waals surface area contributed by atoms with Gasteiger partial charge in [0.2, 0.25) is 0 Å². The highest BCUT2D eigenvalue weighted by Gasteiger charge is 2.23. The fraction of sp³-hybridized carbons (Fsp3) is 0.296. The van der Waals surface area contributed by atoms with Crippen molar-refractivity contribution in [3.05, 3.63) is 63.5 Å². The lowest BCUT2D eigenvalue weighted by molar-refractivity contribution is -0.112. The van der Waals surface area contributed by atoms with Crippen LogP contribution in [0.3, 0.4) is 0 Å². The van der Waals surface area contributed by atoms with Crippen molar-refractivity contribution in [2.45, 2.75) is 40.5 Å². The van der Waals surface area contributed by atoms with E-state index in [9.17, 15) is 14.9 Å². The van der Waals surface area contributed by atoms with Crippen molar-refractivity contribution in [2.24, 2.45) is 0 Å². The lowest BCUT2D eigenvalue weighted by Gasteiger charge is -2.12. The van der Waals surface area contributed by atoms with Crippen LogP contribution >= 0.6 is 11.3 Å². The van der Waals surface area contributed by atoms with Crippen molar-refractivity contribution in [2.75, 3.05) is 18.5 Å². The number of rotatable bonds is 9. The topological polar surface area (TPSA) is 88.4 Å². The maximum atomic E-state index is 13.1. The number of hydrogen-bond donors (Lipinski definition) is 1. The number of carbonyl (C=O) groups excluding carboxylic acids is 2. The monoisotopic (exact) mass is 476 g/mol. The number of unbranched alkanes of at least 4 members (excludes halogenated alkanes) is 1. The molecule has 0 saturated carbocycles. The normalized spacial score (nSPS) is 11.2. The molecular weight excluding hydrogens is 448 g/mol. The molecule has 6 nitrogen and oxygen atoms in total. The summed E-state index contributed by atoms with van der Waals surface area (Å²) in [6.45, 7) is 8.26. The second-order valence-electron chi connectivity index (χ2n) is 7.73. The Morgan fingerprint density at radius 1 is 1.15 bits per heavy atom. The number of nitrogens with zero attached hydrogens (tertiary/aromatic N) is 1. The molecule has 1 aromatic heterocycles. The van der Waals surface area contributed by atoms with Crippen molar-refractivity contribution in [3.63, 3.8) is 0 Å². The number of nitrogens with one attached hydrogen (secondary N) is 1. The van der Waals surface area contributed by atoms with Crippen LogP contribution in [0, 0.1) is 25.2 Å².